The van der Waals surface area contributed by atoms with Crippen LogP contribution in [0.5, 0.6) is 5.88 Å². The lowest BCUT2D eigenvalue weighted by Crippen LogP contribution is -2.58. The van der Waals surface area contributed by atoms with Crippen molar-refractivity contribution in [2.75, 3.05) is 6.54 Å². The van der Waals surface area contributed by atoms with Crippen LogP contribution in [0.4, 0.5) is 4.39 Å². The number of halogens is 1. The topological polar surface area (TPSA) is 97.2 Å². The number of ether oxygens (including phenoxy) is 1. The Hall–Kier alpha value is -3.23. The number of nitrogens with one attached hydrogen (secondary N) is 1. The van der Waals surface area contributed by atoms with E-state index in [1.807, 2.05) is 6.92 Å². The van der Waals surface area contributed by atoms with E-state index in [1.54, 1.807) is 44.3 Å². The highest BCUT2D eigenvalue weighted by Crippen LogP contribution is 2.36. The Kier molecular flexibility index (Phi) is 6.23. The first-order valence-electron chi connectivity index (χ1n) is 10.9. The van der Waals surface area contributed by atoms with E-state index in [0.717, 1.165) is 0 Å². The Bertz CT molecular complexity index is 1140. The van der Waals surface area contributed by atoms with Gasteiger partial charge in [0.05, 0.1) is 11.2 Å². The SMILES string of the molecule is C[C@@H]1CC[C@](Oc2ncccc2C(C)(C)O)(C(=O)c2cccc(F)c2-c2ncccn2)CN1. The molecule has 7 nitrogen and oxygen atoms in total. The van der Waals surface area contributed by atoms with E-state index >= 15 is 0 Å². The molecule has 3 heterocycles. The predicted molar refractivity (Wildman–Crippen MR) is 121 cm³/mol. The Morgan fingerprint density at radius 3 is 2.55 bits per heavy atom. The number of benzene rings is 1. The Labute approximate surface area is 192 Å². The van der Waals surface area contributed by atoms with Gasteiger partial charge in [0.25, 0.3) is 0 Å². The summed E-state index contributed by atoms with van der Waals surface area (Å²) in [7, 11) is 0. The number of hydrogen-bond donors (Lipinski definition) is 2. The van der Waals surface area contributed by atoms with Crippen molar-refractivity contribution in [2.45, 2.75) is 50.9 Å². The molecule has 33 heavy (non-hydrogen) atoms. The molecule has 172 valence electrons. The van der Waals surface area contributed by atoms with Crippen molar-refractivity contribution in [3.63, 3.8) is 0 Å². The van der Waals surface area contributed by atoms with Crippen LogP contribution in [0.3, 0.4) is 0 Å². The molecule has 0 unspecified atom stereocenters. The van der Waals surface area contributed by atoms with Gasteiger partial charge in [-0.1, -0.05) is 12.1 Å². The number of ketones is 1. The molecule has 1 aromatic carbocycles. The number of Topliss-reactive ketones (excluding diaryl/α,β-unsaturated/α-hetero) is 1. The van der Waals surface area contributed by atoms with Crippen molar-refractivity contribution >= 4 is 5.78 Å². The average molecular weight is 451 g/mol. The summed E-state index contributed by atoms with van der Waals surface area (Å²) in [4.78, 5) is 26.7. The second-order valence-corrected chi connectivity index (χ2v) is 8.90. The molecule has 1 saturated heterocycles. The molecule has 2 N–H and O–H groups in total. The summed E-state index contributed by atoms with van der Waals surface area (Å²) < 4.78 is 21.3. The number of carbonyl (C=O) groups is 1. The van der Waals surface area contributed by atoms with Crippen molar-refractivity contribution in [2.24, 2.45) is 0 Å². The molecule has 0 saturated carbocycles. The number of rotatable bonds is 6. The van der Waals surface area contributed by atoms with Crippen molar-refractivity contribution < 1.29 is 19.0 Å². The molecule has 0 bridgehead atoms. The molecule has 1 aliphatic rings. The van der Waals surface area contributed by atoms with Crippen LogP contribution in [-0.2, 0) is 5.60 Å². The van der Waals surface area contributed by atoms with Crippen LogP contribution in [-0.4, -0.2) is 44.0 Å². The van der Waals surface area contributed by atoms with Crippen molar-refractivity contribution in [3.8, 4) is 17.3 Å². The molecule has 0 aliphatic carbocycles. The second kappa shape index (κ2) is 8.96. The van der Waals surface area contributed by atoms with Gasteiger partial charge in [0.15, 0.2) is 11.4 Å². The molecule has 4 rings (SSSR count). The molecule has 3 aromatic rings. The van der Waals surface area contributed by atoms with Gasteiger partial charge in [-0.3, -0.25) is 4.79 Å². The predicted octanol–water partition coefficient (Wildman–Crippen LogP) is 3.68. The second-order valence-electron chi connectivity index (χ2n) is 8.90. The van der Waals surface area contributed by atoms with E-state index in [0.29, 0.717) is 18.4 Å². The minimum atomic E-state index is -1.35. The summed E-state index contributed by atoms with van der Waals surface area (Å²) in [5.41, 5.74) is -1.95. The van der Waals surface area contributed by atoms with Crippen molar-refractivity contribution in [1.29, 1.82) is 0 Å². The largest absolute Gasteiger partial charge is 0.461 e. The number of pyridine rings is 1. The highest BCUT2D eigenvalue weighted by atomic mass is 19.1. The lowest BCUT2D eigenvalue weighted by Gasteiger charge is -2.39. The van der Waals surface area contributed by atoms with Gasteiger partial charge in [0.1, 0.15) is 5.82 Å². The Morgan fingerprint density at radius 1 is 1.15 bits per heavy atom. The first-order chi connectivity index (χ1) is 15.7. The van der Waals surface area contributed by atoms with Gasteiger partial charge < -0.3 is 15.2 Å². The van der Waals surface area contributed by atoms with Gasteiger partial charge >= 0.3 is 0 Å². The zero-order chi connectivity index (χ0) is 23.6. The zero-order valence-electron chi connectivity index (χ0n) is 18.9. The molecule has 1 fully saturated rings. The number of aliphatic hydroxyl groups is 1. The fraction of sp³-hybridized carbons (Fsp3) is 0.360. The molecule has 2 aromatic heterocycles. The number of carbonyl (C=O) groups excluding carboxylic acids is 1. The Balaban J connectivity index is 1.82. The fourth-order valence-corrected chi connectivity index (χ4v) is 4.04. The third-order valence-electron chi connectivity index (χ3n) is 5.90. The Morgan fingerprint density at radius 2 is 1.88 bits per heavy atom. The van der Waals surface area contributed by atoms with Gasteiger partial charge in [0, 0.05) is 42.3 Å². The lowest BCUT2D eigenvalue weighted by molar-refractivity contribution is 0.0198. The smallest absolute Gasteiger partial charge is 0.220 e. The first kappa shape index (κ1) is 22.9. The van der Waals surface area contributed by atoms with E-state index in [9.17, 15) is 14.3 Å². The van der Waals surface area contributed by atoms with Gasteiger partial charge in [-0.05, 0) is 57.9 Å². The number of piperidine rings is 1. The number of aromatic nitrogens is 3. The quantitative estimate of drug-likeness (QED) is 0.553. The molecule has 0 amide bonds. The maximum Gasteiger partial charge on any atom is 0.220 e. The fourth-order valence-electron chi connectivity index (χ4n) is 4.04. The summed E-state index contributed by atoms with van der Waals surface area (Å²) in [5.74, 6) is -0.685. The molecular weight excluding hydrogens is 423 g/mol. The first-order valence-corrected chi connectivity index (χ1v) is 10.9. The van der Waals surface area contributed by atoms with Crippen LogP contribution >= 0.6 is 0 Å². The van der Waals surface area contributed by atoms with E-state index in [1.165, 1.54) is 24.5 Å². The molecule has 2 atom stereocenters. The summed E-state index contributed by atoms with van der Waals surface area (Å²) in [5, 5.41) is 13.9. The van der Waals surface area contributed by atoms with Gasteiger partial charge in [-0.2, -0.15) is 0 Å². The van der Waals surface area contributed by atoms with Crippen molar-refractivity contribution in [1.82, 2.24) is 20.3 Å². The number of hydrogen-bond acceptors (Lipinski definition) is 7. The molecule has 0 radical (unpaired) electrons. The normalized spacial score (nSPS) is 20.9. The molecule has 0 spiro atoms. The van der Waals surface area contributed by atoms with Crippen LogP contribution < -0.4 is 10.1 Å². The van der Waals surface area contributed by atoms with E-state index in [2.05, 4.69) is 20.3 Å². The summed E-state index contributed by atoms with van der Waals surface area (Å²) >= 11 is 0. The van der Waals surface area contributed by atoms with Crippen molar-refractivity contribution in [3.05, 3.63) is 71.9 Å². The highest BCUT2D eigenvalue weighted by Gasteiger charge is 2.46. The third-order valence-corrected chi connectivity index (χ3v) is 5.90. The van der Waals surface area contributed by atoms with E-state index < -0.39 is 22.8 Å². The maximum absolute atomic E-state index is 15.0. The van der Waals surface area contributed by atoms with E-state index in [4.69, 9.17) is 4.74 Å². The summed E-state index contributed by atoms with van der Waals surface area (Å²) in [6.45, 7) is 5.50. The van der Waals surface area contributed by atoms with Crippen LogP contribution in [0.1, 0.15) is 49.5 Å². The van der Waals surface area contributed by atoms with Crippen LogP contribution in [0.15, 0.2) is 55.0 Å². The summed E-state index contributed by atoms with van der Waals surface area (Å²) in [6.07, 6.45) is 5.62. The standard InChI is InChI=1S/C25H27FN4O3/c1-16-10-11-25(15-30-16,33-23-18(24(2,3)32)8-5-12-29-23)21(31)17-7-4-9-19(26)20(17)22-27-13-6-14-28-22/h4-9,12-14,16,30,32H,10-11,15H2,1-3H3/t16-,25-/m1/s1. The third kappa shape index (κ3) is 4.62. The van der Waals surface area contributed by atoms with Gasteiger partial charge in [0.2, 0.25) is 11.7 Å². The molecule has 1 aliphatic heterocycles. The zero-order valence-corrected chi connectivity index (χ0v) is 18.9. The summed E-state index contributed by atoms with van der Waals surface area (Å²) in [6, 6.07) is 9.57. The minimum absolute atomic E-state index is 0.0356. The lowest BCUT2D eigenvalue weighted by atomic mass is 9.82. The van der Waals surface area contributed by atoms with Crippen LogP contribution in [0.2, 0.25) is 0 Å². The monoisotopic (exact) mass is 450 g/mol. The average Bonchev–Trinajstić information content (AvgIpc) is 2.80. The van der Waals surface area contributed by atoms with Gasteiger partial charge in [-0.25, -0.2) is 19.3 Å². The molecule has 8 heteroatoms. The highest BCUT2D eigenvalue weighted by molar-refractivity contribution is 6.07. The molecular formula is C25H27FN4O3. The maximum atomic E-state index is 15.0. The van der Waals surface area contributed by atoms with Crippen LogP contribution in [0.25, 0.3) is 11.4 Å². The van der Waals surface area contributed by atoms with Crippen LogP contribution in [0, 0.1) is 5.82 Å². The minimum Gasteiger partial charge on any atom is -0.461 e. The van der Waals surface area contributed by atoms with E-state index in [-0.39, 0.29) is 35.4 Å². The van der Waals surface area contributed by atoms with Gasteiger partial charge in [-0.15, -0.1) is 0 Å². The number of nitrogens with zero attached hydrogens (tertiary/aromatic N) is 3.